The molecule has 1 aromatic carbocycles. The number of fused-ring (bicyclic) bond motifs is 1. The molecule has 0 unspecified atom stereocenters. The Kier molecular flexibility index (Phi) is 3.95. The topological polar surface area (TPSA) is 62.5 Å². The number of nitrogens with zero attached hydrogens (tertiary/aromatic N) is 4. The molecule has 1 aliphatic heterocycles. The van der Waals surface area contributed by atoms with Crippen molar-refractivity contribution in [3.63, 3.8) is 0 Å². The fourth-order valence-corrected chi connectivity index (χ4v) is 4.29. The molecule has 0 atom stereocenters. The first-order valence-corrected chi connectivity index (χ1v) is 9.18. The average Bonchev–Trinajstić information content (AvgIpc) is 3.21. The fourth-order valence-electron chi connectivity index (χ4n) is 3.22. The molecular weight excluding hydrogens is 336 g/mol. The lowest BCUT2D eigenvalue weighted by Gasteiger charge is -2.33. The zero-order valence-electron chi connectivity index (χ0n) is 14.6. The minimum Gasteiger partial charge on any atom is -0.351 e. The molecule has 0 N–H and O–H groups in total. The maximum Gasteiger partial charge on any atom is 0.292 e. The number of amides is 1. The second kappa shape index (κ2) is 6.15. The van der Waals surface area contributed by atoms with Crippen molar-refractivity contribution in [1.29, 1.82) is 0 Å². The maximum atomic E-state index is 12.4. The van der Waals surface area contributed by atoms with Crippen LogP contribution in [-0.2, 0) is 0 Å². The predicted molar refractivity (Wildman–Crippen MR) is 98.5 cm³/mol. The second-order valence-electron chi connectivity index (χ2n) is 6.54. The highest BCUT2D eigenvalue weighted by Gasteiger charge is 2.26. The monoisotopic (exact) mass is 356 g/mol. The first kappa shape index (κ1) is 16.1. The summed E-state index contributed by atoms with van der Waals surface area (Å²) in [5.74, 6) is 0.230. The van der Waals surface area contributed by atoms with Crippen molar-refractivity contribution in [2.45, 2.75) is 20.8 Å². The van der Waals surface area contributed by atoms with Gasteiger partial charge in [0.25, 0.3) is 5.91 Å². The maximum absolute atomic E-state index is 12.4. The quantitative estimate of drug-likeness (QED) is 0.706. The predicted octanol–water partition coefficient (Wildman–Crippen LogP) is 3.17. The smallest absolute Gasteiger partial charge is 0.292 e. The van der Waals surface area contributed by atoms with Crippen LogP contribution in [0.15, 0.2) is 22.7 Å². The van der Waals surface area contributed by atoms with E-state index in [-0.39, 0.29) is 5.91 Å². The lowest BCUT2D eigenvalue weighted by Crippen LogP contribution is -2.48. The first-order valence-electron chi connectivity index (χ1n) is 8.36. The van der Waals surface area contributed by atoms with Crippen molar-refractivity contribution in [2.24, 2.45) is 0 Å². The number of carbonyl (C=O) groups is 1. The number of piperazine rings is 1. The van der Waals surface area contributed by atoms with Crippen LogP contribution in [0.3, 0.4) is 0 Å². The van der Waals surface area contributed by atoms with Gasteiger partial charge in [-0.1, -0.05) is 22.6 Å². The van der Waals surface area contributed by atoms with Gasteiger partial charge >= 0.3 is 0 Å². The van der Waals surface area contributed by atoms with Crippen molar-refractivity contribution in [2.75, 3.05) is 31.1 Å². The third-order valence-corrected chi connectivity index (χ3v) is 5.75. The molecule has 0 aliphatic carbocycles. The van der Waals surface area contributed by atoms with Crippen LogP contribution in [0.4, 0.5) is 5.13 Å². The van der Waals surface area contributed by atoms with Gasteiger partial charge in [0.2, 0.25) is 5.76 Å². The van der Waals surface area contributed by atoms with Crippen LogP contribution >= 0.6 is 11.3 Å². The zero-order chi connectivity index (χ0) is 17.6. The Balaban J connectivity index is 1.48. The molecule has 3 heterocycles. The van der Waals surface area contributed by atoms with Crippen LogP contribution in [0, 0.1) is 20.8 Å². The van der Waals surface area contributed by atoms with Crippen LogP contribution in [-0.4, -0.2) is 47.1 Å². The van der Waals surface area contributed by atoms with E-state index in [2.05, 4.69) is 36.0 Å². The number of benzene rings is 1. The van der Waals surface area contributed by atoms with Crippen molar-refractivity contribution < 1.29 is 9.32 Å². The Morgan fingerprint density at radius 3 is 2.56 bits per heavy atom. The van der Waals surface area contributed by atoms with Crippen LogP contribution in [0.25, 0.3) is 10.2 Å². The Morgan fingerprint density at radius 1 is 1.12 bits per heavy atom. The van der Waals surface area contributed by atoms with E-state index in [1.54, 1.807) is 17.4 Å². The Hall–Kier alpha value is -2.41. The highest BCUT2D eigenvalue weighted by Crippen LogP contribution is 2.32. The van der Waals surface area contributed by atoms with E-state index in [4.69, 9.17) is 9.51 Å². The summed E-state index contributed by atoms with van der Waals surface area (Å²) in [4.78, 5) is 21.3. The first-order chi connectivity index (χ1) is 12.0. The summed E-state index contributed by atoms with van der Waals surface area (Å²) < 4.78 is 6.34. The van der Waals surface area contributed by atoms with Crippen molar-refractivity contribution in [1.82, 2.24) is 15.0 Å². The zero-order valence-corrected chi connectivity index (χ0v) is 15.4. The van der Waals surface area contributed by atoms with Crippen LogP contribution in [0.2, 0.25) is 0 Å². The van der Waals surface area contributed by atoms with E-state index in [0.717, 1.165) is 29.4 Å². The molecule has 0 saturated carbocycles. The lowest BCUT2D eigenvalue weighted by atomic mass is 10.1. The molecule has 0 bridgehead atoms. The molecule has 7 heteroatoms. The van der Waals surface area contributed by atoms with Gasteiger partial charge in [-0.25, -0.2) is 4.98 Å². The summed E-state index contributed by atoms with van der Waals surface area (Å²) in [5, 5.41) is 4.83. The van der Waals surface area contributed by atoms with E-state index in [9.17, 15) is 4.79 Å². The number of aryl methyl sites for hydroxylation is 3. The number of hydrogen-bond acceptors (Lipinski definition) is 6. The highest BCUT2D eigenvalue weighted by atomic mass is 32.1. The van der Waals surface area contributed by atoms with Gasteiger partial charge in [-0.2, -0.15) is 0 Å². The van der Waals surface area contributed by atoms with E-state index in [1.165, 1.54) is 15.8 Å². The van der Waals surface area contributed by atoms with Gasteiger partial charge in [-0.3, -0.25) is 4.79 Å². The summed E-state index contributed by atoms with van der Waals surface area (Å²) >= 11 is 1.73. The van der Waals surface area contributed by atoms with Gasteiger partial charge < -0.3 is 14.3 Å². The third-order valence-electron chi connectivity index (χ3n) is 4.48. The fraction of sp³-hybridized carbons (Fsp3) is 0.389. The van der Waals surface area contributed by atoms with Gasteiger partial charge in [0.15, 0.2) is 5.13 Å². The molecule has 4 rings (SSSR count). The van der Waals surface area contributed by atoms with Crippen molar-refractivity contribution in [3.05, 3.63) is 40.8 Å². The van der Waals surface area contributed by atoms with E-state index < -0.39 is 0 Å². The molecule has 6 nitrogen and oxygen atoms in total. The van der Waals surface area contributed by atoms with E-state index in [0.29, 0.717) is 18.8 Å². The largest absolute Gasteiger partial charge is 0.351 e. The third kappa shape index (κ3) is 3.00. The van der Waals surface area contributed by atoms with E-state index in [1.807, 2.05) is 11.8 Å². The normalized spacial score (nSPS) is 15.2. The molecule has 0 spiro atoms. The molecule has 2 aromatic heterocycles. The number of carbonyl (C=O) groups excluding carboxylic acids is 1. The van der Waals surface area contributed by atoms with Crippen molar-refractivity contribution in [3.8, 4) is 0 Å². The number of rotatable bonds is 2. The molecule has 1 saturated heterocycles. The SMILES string of the molecule is Cc1cc(C)c2sc(N3CCN(C(=O)c4cc(C)no4)CC3)nc2c1. The van der Waals surface area contributed by atoms with Gasteiger partial charge in [0, 0.05) is 32.2 Å². The summed E-state index contributed by atoms with van der Waals surface area (Å²) in [5.41, 5.74) is 4.29. The Morgan fingerprint density at radius 2 is 1.88 bits per heavy atom. The molecular formula is C18H20N4O2S. The van der Waals surface area contributed by atoms with Gasteiger partial charge in [-0.05, 0) is 38.0 Å². The molecule has 0 radical (unpaired) electrons. The van der Waals surface area contributed by atoms with Gasteiger partial charge in [0.05, 0.1) is 15.9 Å². The van der Waals surface area contributed by atoms with Crippen LogP contribution in [0.1, 0.15) is 27.4 Å². The molecule has 1 amide bonds. The lowest BCUT2D eigenvalue weighted by molar-refractivity contribution is 0.0704. The second-order valence-corrected chi connectivity index (χ2v) is 7.52. The summed E-state index contributed by atoms with van der Waals surface area (Å²) in [6.45, 7) is 8.91. The van der Waals surface area contributed by atoms with Crippen molar-refractivity contribution >= 4 is 32.6 Å². The van der Waals surface area contributed by atoms with Crippen LogP contribution in [0.5, 0.6) is 0 Å². The number of thiazole rings is 1. The highest BCUT2D eigenvalue weighted by molar-refractivity contribution is 7.22. The summed E-state index contributed by atoms with van der Waals surface area (Å²) in [7, 11) is 0. The number of aromatic nitrogens is 2. The minimum absolute atomic E-state index is 0.0870. The standard InChI is InChI=1S/C18H20N4O2S/c1-11-8-12(2)16-14(9-11)19-18(25-16)22-6-4-21(5-7-22)17(23)15-10-13(3)20-24-15/h8-10H,4-7H2,1-3H3. The Bertz CT molecular complexity index is 938. The van der Waals surface area contributed by atoms with Gasteiger partial charge in [-0.15, -0.1) is 0 Å². The molecule has 1 fully saturated rings. The minimum atomic E-state index is -0.0870. The van der Waals surface area contributed by atoms with E-state index >= 15 is 0 Å². The number of hydrogen-bond donors (Lipinski definition) is 0. The molecule has 130 valence electrons. The van der Waals surface area contributed by atoms with Crippen LogP contribution < -0.4 is 4.90 Å². The molecule has 25 heavy (non-hydrogen) atoms. The van der Waals surface area contributed by atoms with Gasteiger partial charge in [0.1, 0.15) is 0 Å². The summed E-state index contributed by atoms with van der Waals surface area (Å²) in [6.07, 6.45) is 0. The molecule has 3 aromatic rings. The average molecular weight is 356 g/mol. The number of anilines is 1. The molecule has 1 aliphatic rings. The Labute approximate surface area is 150 Å². The summed E-state index contributed by atoms with van der Waals surface area (Å²) in [6, 6.07) is 6.02.